The molecule has 3 heterocycles. The van der Waals surface area contributed by atoms with E-state index < -0.39 is 0 Å². The van der Waals surface area contributed by atoms with Crippen LogP contribution in [0.15, 0.2) is 72.0 Å². The van der Waals surface area contributed by atoms with Gasteiger partial charge in [-0.15, -0.1) is 11.8 Å². The lowest BCUT2D eigenvalue weighted by atomic mass is 10.1. The third-order valence-corrected chi connectivity index (χ3v) is 7.48. The molecule has 0 bridgehead atoms. The van der Waals surface area contributed by atoms with Crippen LogP contribution in [0.5, 0.6) is 0 Å². The quantitative estimate of drug-likeness (QED) is 0.334. The summed E-state index contributed by atoms with van der Waals surface area (Å²) in [5.41, 5.74) is 3.41. The molecule has 0 aliphatic carbocycles. The Kier molecular flexibility index (Phi) is 7.78. The summed E-state index contributed by atoms with van der Waals surface area (Å²) in [5.74, 6) is 0.635. The number of aromatic nitrogens is 3. The summed E-state index contributed by atoms with van der Waals surface area (Å²) in [4.78, 5) is 44.6. The summed E-state index contributed by atoms with van der Waals surface area (Å²) in [6, 6.07) is 18.0. The van der Waals surface area contributed by atoms with Crippen molar-refractivity contribution in [2.24, 2.45) is 0 Å². The minimum Gasteiger partial charge on any atom is -0.367 e. The summed E-state index contributed by atoms with van der Waals surface area (Å²) in [6.07, 6.45) is 5.43. The maximum absolute atomic E-state index is 13.5. The van der Waals surface area contributed by atoms with Crippen LogP contribution < -0.4 is 15.1 Å². The number of thioether (sulfide) groups is 1. The average Bonchev–Trinajstić information content (AvgIpc) is 3.44. The predicted molar refractivity (Wildman–Crippen MR) is 152 cm³/mol. The first-order valence-electron chi connectivity index (χ1n) is 12.6. The lowest BCUT2D eigenvalue weighted by Gasteiger charge is -2.37. The van der Waals surface area contributed by atoms with Gasteiger partial charge in [-0.2, -0.15) is 0 Å². The molecular formula is C28H31N7O2S. The first kappa shape index (κ1) is 25.6. The number of fused-ring (bicyclic) bond motifs is 1. The number of nitrogens with one attached hydrogen (secondary N) is 2. The molecule has 0 unspecified atom stereocenters. The SMILES string of the molecule is CSc1ccccc1N1CCN(C(=O)c2cccc(N(CCNC(C)=O)c3ncnc4[nH]ccc34)c2)CC1. The monoisotopic (exact) mass is 529 g/mol. The van der Waals surface area contributed by atoms with Crippen LogP contribution in [0.2, 0.25) is 0 Å². The van der Waals surface area contributed by atoms with Gasteiger partial charge in [0.2, 0.25) is 5.91 Å². The van der Waals surface area contributed by atoms with E-state index in [2.05, 4.69) is 55.7 Å². The highest BCUT2D eigenvalue weighted by Crippen LogP contribution is 2.31. The Morgan fingerprint density at radius 3 is 2.66 bits per heavy atom. The number of hydrogen-bond donors (Lipinski definition) is 2. The number of aromatic amines is 1. The molecule has 1 aliphatic heterocycles. The molecule has 0 radical (unpaired) electrons. The number of carbonyl (C=O) groups excluding carboxylic acids is 2. The van der Waals surface area contributed by atoms with Crippen LogP contribution in [0.3, 0.4) is 0 Å². The number of carbonyl (C=O) groups is 2. The molecule has 2 N–H and O–H groups in total. The van der Waals surface area contributed by atoms with Gasteiger partial charge in [-0.25, -0.2) is 9.97 Å². The standard InChI is InChI=1S/C28H31N7O2S/c1-20(36)29-12-13-35(27-23-10-11-30-26(23)31-19-32-27)22-7-5-6-21(18-22)28(37)34-16-14-33(15-17-34)24-8-3-4-9-25(24)38-2/h3-11,18-19H,12-17H2,1-2H3,(H,29,36)(H,30,31,32). The molecule has 5 rings (SSSR count). The molecule has 196 valence electrons. The fourth-order valence-electron chi connectivity index (χ4n) is 4.81. The van der Waals surface area contributed by atoms with Gasteiger partial charge in [-0.3, -0.25) is 9.59 Å². The van der Waals surface area contributed by atoms with Gasteiger partial charge in [0.1, 0.15) is 17.8 Å². The molecule has 2 aromatic carbocycles. The topological polar surface area (TPSA) is 97.5 Å². The number of rotatable bonds is 8. The lowest BCUT2D eigenvalue weighted by molar-refractivity contribution is -0.118. The number of para-hydroxylation sites is 1. The van der Waals surface area contributed by atoms with E-state index >= 15 is 0 Å². The molecule has 0 spiro atoms. The molecule has 0 saturated carbocycles. The maximum Gasteiger partial charge on any atom is 0.254 e. The molecule has 38 heavy (non-hydrogen) atoms. The van der Waals surface area contributed by atoms with Crippen molar-refractivity contribution in [3.05, 3.63) is 72.7 Å². The van der Waals surface area contributed by atoms with Crippen molar-refractivity contribution in [2.75, 3.05) is 55.3 Å². The van der Waals surface area contributed by atoms with Crippen molar-refractivity contribution in [1.82, 2.24) is 25.2 Å². The Morgan fingerprint density at radius 1 is 1.05 bits per heavy atom. The van der Waals surface area contributed by atoms with Crippen molar-refractivity contribution < 1.29 is 9.59 Å². The van der Waals surface area contributed by atoms with E-state index in [1.54, 1.807) is 11.8 Å². The number of H-pyrrole nitrogens is 1. The Balaban J connectivity index is 1.36. The second-order valence-corrected chi connectivity index (χ2v) is 9.92. The number of piperazine rings is 1. The van der Waals surface area contributed by atoms with Crippen LogP contribution in [-0.4, -0.2) is 77.2 Å². The summed E-state index contributed by atoms with van der Waals surface area (Å²) >= 11 is 1.74. The predicted octanol–water partition coefficient (Wildman–Crippen LogP) is 3.92. The van der Waals surface area contributed by atoms with Gasteiger partial charge in [0.25, 0.3) is 5.91 Å². The van der Waals surface area contributed by atoms with Gasteiger partial charge in [-0.05, 0) is 42.7 Å². The van der Waals surface area contributed by atoms with Crippen LogP contribution in [0.25, 0.3) is 11.0 Å². The average molecular weight is 530 g/mol. The zero-order valence-corrected chi connectivity index (χ0v) is 22.4. The highest BCUT2D eigenvalue weighted by atomic mass is 32.2. The Bertz CT molecular complexity index is 1430. The number of hydrogen-bond acceptors (Lipinski definition) is 7. The normalized spacial score (nSPS) is 13.5. The van der Waals surface area contributed by atoms with Crippen LogP contribution in [0, 0.1) is 0 Å². The zero-order chi connectivity index (χ0) is 26.5. The third kappa shape index (κ3) is 5.45. The van der Waals surface area contributed by atoms with Gasteiger partial charge in [0.05, 0.1) is 11.1 Å². The van der Waals surface area contributed by atoms with Gasteiger partial charge in [-0.1, -0.05) is 18.2 Å². The van der Waals surface area contributed by atoms with E-state index in [9.17, 15) is 9.59 Å². The first-order valence-corrected chi connectivity index (χ1v) is 13.8. The molecule has 10 heteroatoms. The highest BCUT2D eigenvalue weighted by Gasteiger charge is 2.24. The molecule has 4 aromatic rings. The van der Waals surface area contributed by atoms with Crippen molar-refractivity contribution in [1.29, 1.82) is 0 Å². The van der Waals surface area contributed by atoms with E-state index in [0.717, 1.165) is 29.8 Å². The molecule has 9 nitrogen and oxygen atoms in total. The van der Waals surface area contributed by atoms with E-state index in [1.807, 2.05) is 46.3 Å². The van der Waals surface area contributed by atoms with E-state index in [4.69, 9.17) is 0 Å². The molecule has 1 saturated heterocycles. The van der Waals surface area contributed by atoms with Crippen LogP contribution in [0.1, 0.15) is 17.3 Å². The van der Waals surface area contributed by atoms with Crippen LogP contribution in [0.4, 0.5) is 17.2 Å². The fourth-order valence-corrected chi connectivity index (χ4v) is 5.43. The number of nitrogens with zero attached hydrogens (tertiary/aromatic N) is 5. The summed E-state index contributed by atoms with van der Waals surface area (Å²) in [5, 5.41) is 3.73. The van der Waals surface area contributed by atoms with Crippen molar-refractivity contribution in [3.8, 4) is 0 Å². The summed E-state index contributed by atoms with van der Waals surface area (Å²) < 4.78 is 0. The molecule has 2 aromatic heterocycles. The Labute approximate surface area is 226 Å². The second-order valence-electron chi connectivity index (χ2n) is 9.07. The Hall–Kier alpha value is -4.05. The summed E-state index contributed by atoms with van der Waals surface area (Å²) in [7, 11) is 0. The van der Waals surface area contributed by atoms with Crippen LogP contribution in [-0.2, 0) is 4.79 Å². The Morgan fingerprint density at radius 2 is 1.87 bits per heavy atom. The smallest absolute Gasteiger partial charge is 0.254 e. The van der Waals surface area contributed by atoms with E-state index in [-0.39, 0.29) is 11.8 Å². The molecule has 0 atom stereocenters. The maximum atomic E-state index is 13.5. The zero-order valence-electron chi connectivity index (χ0n) is 21.6. The van der Waals surface area contributed by atoms with Gasteiger partial charge in [0, 0.05) is 68.5 Å². The van der Waals surface area contributed by atoms with E-state index in [0.29, 0.717) is 37.6 Å². The van der Waals surface area contributed by atoms with Gasteiger partial charge in [0.15, 0.2) is 0 Å². The van der Waals surface area contributed by atoms with E-state index in [1.165, 1.54) is 23.8 Å². The molecule has 1 aliphatic rings. The number of anilines is 3. The van der Waals surface area contributed by atoms with Crippen LogP contribution >= 0.6 is 11.8 Å². The second kappa shape index (κ2) is 11.6. The minimum atomic E-state index is -0.0948. The fraction of sp³-hybridized carbons (Fsp3) is 0.286. The third-order valence-electron chi connectivity index (χ3n) is 6.70. The molecule has 1 fully saturated rings. The van der Waals surface area contributed by atoms with Gasteiger partial charge < -0.3 is 25.0 Å². The number of amides is 2. The minimum absolute atomic E-state index is 0.0148. The van der Waals surface area contributed by atoms with Crippen molar-refractivity contribution >= 4 is 51.8 Å². The van der Waals surface area contributed by atoms with Gasteiger partial charge >= 0.3 is 0 Å². The molecule has 2 amide bonds. The largest absolute Gasteiger partial charge is 0.367 e. The highest BCUT2D eigenvalue weighted by molar-refractivity contribution is 7.98. The van der Waals surface area contributed by atoms with Crippen molar-refractivity contribution in [3.63, 3.8) is 0 Å². The lowest BCUT2D eigenvalue weighted by Crippen LogP contribution is -2.49. The molecular weight excluding hydrogens is 498 g/mol. The summed E-state index contributed by atoms with van der Waals surface area (Å²) in [6.45, 7) is 5.32. The van der Waals surface area contributed by atoms with Crippen molar-refractivity contribution in [2.45, 2.75) is 11.8 Å². The number of benzene rings is 2. The first-order chi connectivity index (χ1) is 18.5.